The summed E-state index contributed by atoms with van der Waals surface area (Å²) in [5.41, 5.74) is 2.05. The second-order valence-corrected chi connectivity index (χ2v) is 8.73. The predicted octanol–water partition coefficient (Wildman–Crippen LogP) is 4.65. The number of aromatic nitrogens is 3. The summed E-state index contributed by atoms with van der Waals surface area (Å²) in [6.45, 7) is 4.61. The van der Waals surface area contributed by atoms with Crippen LogP contribution in [0.2, 0.25) is 0 Å². The van der Waals surface area contributed by atoms with Gasteiger partial charge in [-0.15, -0.1) is 24.5 Å². The van der Waals surface area contributed by atoms with Crippen molar-refractivity contribution >= 4 is 23.2 Å². The van der Waals surface area contributed by atoms with E-state index in [-0.39, 0.29) is 17.4 Å². The Kier molecular flexibility index (Phi) is 9.34. The van der Waals surface area contributed by atoms with Crippen LogP contribution in [0, 0.1) is 6.92 Å². The van der Waals surface area contributed by atoms with Crippen molar-refractivity contribution in [2.75, 3.05) is 6.54 Å². The highest BCUT2D eigenvalue weighted by Crippen LogP contribution is 2.27. The molecule has 2 aromatic heterocycles. The molecule has 0 fully saturated rings. The van der Waals surface area contributed by atoms with Gasteiger partial charge in [0.15, 0.2) is 4.80 Å². The maximum atomic E-state index is 12.7. The molecule has 0 spiro atoms. The summed E-state index contributed by atoms with van der Waals surface area (Å²) in [6, 6.07) is 5.46. The third-order valence-electron chi connectivity index (χ3n) is 5.02. The van der Waals surface area contributed by atoms with Gasteiger partial charge in [-0.3, -0.25) is 14.6 Å². The lowest BCUT2D eigenvalue weighted by molar-refractivity contribution is -0.274. The van der Waals surface area contributed by atoms with Crippen molar-refractivity contribution in [1.29, 1.82) is 0 Å². The maximum absolute atomic E-state index is 12.7. The van der Waals surface area contributed by atoms with Crippen LogP contribution < -0.4 is 14.9 Å². The number of halogens is 3. The van der Waals surface area contributed by atoms with Crippen LogP contribution in [-0.4, -0.2) is 39.3 Å². The van der Waals surface area contributed by atoms with E-state index in [0.29, 0.717) is 47.7 Å². The topological polar surface area (TPSA) is 98.5 Å². The first-order valence-corrected chi connectivity index (χ1v) is 12.2. The van der Waals surface area contributed by atoms with Crippen molar-refractivity contribution in [3.8, 4) is 17.0 Å². The second kappa shape index (κ2) is 12.4. The van der Waals surface area contributed by atoms with Crippen molar-refractivity contribution in [2.24, 2.45) is 4.99 Å². The quantitative estimate of drug-likeness (QED) is 0.392. The zero-order valence-electron chi connectivity index (χ0n) is 19.8. The number of rotatable bonds is 10. The fourth-order valence-corrected chi connectivity index (χ4v) is 4.16. The number of hydrogen-bond donors (Lipinski definition) is 1. The molecule has 3 aromatic rings. The van der Waals surface area contributed by atoms with E-state index in [9.17, 15) is 22.8 Å². The first-order chi connectivity index (χ1) is 17.2. The van der Waals surface area contributed by atoms with Gasteiger partial charge >= 0.3 is 6.36 Å². The molecule has 1 N–H and O–H groups in total. The SMILES string of the molecule is CCCCC(=O)NCCCn1c(-c2ccc(OC(F)(F)F)cc2)csc1=NC(=O)c1cnc(C)cn1. The minimum atomic E-state index is -4.78. The average Bonchev–Trinajstić information content (AvgIpc) is 3.22. The minimum absolute atomic E-state index is 0.0225. The second-order valence-electron chi connectivity index (χ2n) is 7.89. The van der Waals surface area contributed by atoms with E-state index < -0.39 is 12.3 Å². The third kappa shape index (κ3) is 8.01. The standard InChI is InChI=1S/C24H26F3N5O3S/c1-3-4-6-21(33)28-11-5-12-32-20(17-7-9-18(10-8-17)35-24(25,26)27)15-36-23(32)31-22(34)19-14-29-16(2)13-30-19/h7-10,13-15H,3-6,11-12H2,1-2H3,(H,28,33). The number of carbonyl (C=O) groups is 2. The van der Waals surface area contributed by atoms with Gasteiger partial charge in [0.1, 0.15) is 11.4 Å². The van der Waals surface area contributed by atoms with Crippen LogP contribution in [0.3, 0.4) is 0 Å². The van der Waals surface area contributed by atoms with Gasteiger partial charge < -0.3 is 14.6 Å². The van der Waals surface area contributed by atoms with Gasteiger partial charge in [-0.05, 0) is 49.6 Å². The number of hydrogen-bond acceptors (Lipinski definition) is 6. The van der Waals surface area contributed by atoms with Crippen molar-refractivity contribution in [3.05, 3.63) is 58.2 Å². The smallest absolute Gasteiger partial charge is 0.406 e. The lowest BCUT2D eigenvalue weighted by Crippen LogP contribution is -2.26. The van der Waals surface area contributed by atoms with E-state index in [1.54, 1.807) is 16.9 Å². The molecule has 3 rings (SSSR count). The van der Waals surface area contributed by atoms with E-state index in [2.05, 4.69) is 25.0 Å². The summed E-state index contributed by atoms with van der Waals surface area (Å²) in [6.07, 6.45) is 0.814. The molecule has 0 radical (unpaired) electrons. The summed E-state index contributed by atoms with van der Waals surface area (Å²) in [4.78, 5) is 37.3. The van der Waals surface area contributed by atoms with Crippen molar-refractivity contribution in [1.82, 2.24) is 19.9 Å². The van der Waals surface area contributed by atoms with Crippen LogP contribution >= 0.6 is 11.3 Å². The first-order valence-electron chi connectivity index (χ1n) is 11.3. The molecule has 0 aliphatic rings. The Morgan fingerprint density at radius 1 is 1.14 bits per heavy atom. The van der Waals surface area contributed by atoms with Gasteiger partial charge in [-0.25, -0.2) is 4.98 Å². The number of unbranched alkanes of at least 4 members (excludes halogenated alkanes) is 1. The summed E-state index contributed by atoms with van der Waals surface area (Å²) in [5, 5.41) is 4.64. The number of ether oxygens (including phenoxy) is 1. The van der Waals surface area contributed by atoms with Crippen LogP contribution in [0.4, 0.5) is 13.2 Å². The number of aryl methyl sites for hydroxylation is 1. The maximum Gasteiger partial charge on any atom is 0.573 e. The molecular formula is C24H26F3N5O3S. The molecule has 192 valence electrons. The lowest BCUT2D eigenvalue weighted by Gasteiger charge is -2.12. The van der Waals surface area contributed by atoms with E-state index in [1.165, 1.54) is 48.0 Å². The number of thiazole rings is 1. The molecule has 0 aliphatic carbocycles. The van der Waals surface area contributed by atoms with E-state index in [1.807, 2.05) is 6.92 Å². The Labute approximate surface area is 209 Å². The van der Waals surface area contributed by atoms with Crippen molar-refractivity contribution < 1.29 is 27.5 Å². The van der Waals surface area contributed by atoms with Gasteiger partial charge in [0.05, 0.1) is 17.6 Å². The number of nitrogens with zero attached hydrogens (tertiary/aromatic N) is 4. The van der Waals surface area contributed by atoms with Crippen molar-refractivity contribution in [2.45, 2.75) is 52.4 Å². The fourth-order valence-electron chi connectivity index (χ4n) is 3.23. The zero-order chi connectivity index (χ0) is 26.1. The van der Waals surface area contributed by atoms with Crippen LogP contribution in [0.5, 0.6) is 5.75 Å². The summed E-state index contributed by atoms with van der Waals surface area (Å²) in [5.74, 6) is -0.919. The fraction of sp³-hybridized carbons (Fsp3) is 0.375. The first kappa shape index (κ1) is 27.1. The Morgan fingerprint density at radius 2 is 1.89 bits per heavy atom. The highest BCUT2D eigenvalue weighted by atomic mass is 32.1. The highest BCUT2D eigenvalue weighted by molar-refractivity contribution is 7.07. The van der Waals surface area contributed by atoms with Gasteiger partial charge in [0, 0.05) is 31.1 Å². The number of carbonyl (C=O) groups excluding carboxylic acids is 2. The molecule has 1 aromatic carbocycles. The molecule has 12 heteroatoms. The average molecular weight is 522 g/mol. The molecular weight excluding hydrogens is 495 g/mol. The number of amides is 2. The van der Waals surface area contributed by atoms with Gasteiger partial charge in [0.25, 0.3) is 5.91 Å². The molecule has 0 atom stereocenters. The zero-order valence-corrected chi connectivity index (χ0v) is 20.7. The molecule has 0 saturated carbocycles. The van der Waals surface area contributed by atoms with Gasteiger partial charge in [-0.1, -0.05) is 13.3 Å². The van der Waals surface area contributed by atoms with E-state index >= 15 is 0 Å². The van der Waals surface area contributed by atoms with E-state index in [0.717, 1.165) is 12.8 Å². The van der Waals surface area contributed by atoms with Crippen molar-refractivity contribution in [3.63, 3.8) is 0 Å². The predicted molar refractivity (Wildman–Crippen MR) is 128 cm³/mol. The lowest BCUT2D eigenvalue weighted by atomic mass is 10.1. The highest BCUT2D eigenvalue weighted by Gasteiger charge is 2.31. The monoisotopic (exact) mass is 521 g/mol. The summed E-state index contributed by atoms with van der Waals surface area (Å²) in [7, 11) is 0. The normalized spacial score (nSPS) is 12.0. The molecule has 2 amide bonds. The van der Waals surface area contributed by atoms with Crippen LogP contribution in [-0.2, 0) is 11.3 Å². The third-order valence-corrected chi connectivity index (χ3v) is 5.88. The van der Waals surface area contributed by atoms with Crippen LogP contribution in [0.25, 0.3) is 11.3 Å². The largest absolute Gasteiger partial charge is 0.573 e. The summed E-state index contributed by atoms with van der Waals surface area (Å²) >= 11 is 1.22. The molecule has 0 unspecified atom stereocenters. The Bertz CT molecular complexity index is 1240. The number of nitrogens with one attached hydrogen (secondary N) is 1. The Morgan fingerprint density at radius 3 is 2.53 bits per heavy atom. The van der Waals surface area contributed by atoms with Gasteiger partial charge in [-0.2, -0.15) is 4.99 Å². The molecule has 2 heterocycles. The number of benzene rings is 1. The molecule has 0 saturated heterocycles. The molecule has 0 bridgehead atoms. The molecule has 36 heavy (non-hydrogen) atoms. The molecule has 0 aliphatic heterocycles. The Balaban J connectivity index is 1.85. The Hall–Kier alpha value is -3.54. The van der Waals surface area contributed by atoms with Gasteiger partial charge in [0.2, 0.25) is 5.91 Å². The minimum Gasteiger partial charge on any atom is -0.406 e. The van der Waals surface area contributed by atoms with Crippen LogP contribution in [0.1, 0.15) is 48.8 Å². The summed E-state index contributed by atoms with van der Waals surface area (Å²) < 4.78 is 43.3. The van der Waals surface area contributed by atoms with E-state index in [4.69, 9.17) is 0 Å². The number of alkyl halides is 3. The van der Waals surface area contributed by atoms with Crippen LogP contribution in [0.15, 0.2) is 47.0 Å². The molecule has 8 nitrogen and oxygen atoms in total.